The molecule has 2 atom stereocenters. The Balaban J connectivity index is 2.95. The summed E-state index contributed by atoms with van der Waals surface area (Å²) in [6, 6.07) is 0. The van der Waals surface area contributed by atoms with Crippen LogP contribution >= 0.6 is 0 Å². The van der Waals surface area contributed by atoms with Crippen molar-refractivity contribution in [2.75, 3.05) is 6.26 Å². The van der Waals surface area contributed by atoms with Gasteiger partial charge < -0.3 is 0 Å². The molecule has 0 N–H and O–H groups in total. The summed E-state index contributed by atoms with van der Waals surface area (Å²) in [4.78, 5) is 8.27. The quantitative estimate of drug-likeness (QED) is 0.783. The highest BCUT2D eigenvalue weighted by atomic mass is 32.2. The molecule has 1 aromatic heterocycles. The van der Waals surface area contributed by atoms with E-state index in [2.05, 4.69) is 9.97 Å². The lowest BCUT2D eigenvalue weighted by Crippen LogP contribution is -2.23. The molecule has 0 aliphatic heterocycles. The zero-order valence-corrected chi connectivity index (χ0v) is 10.2. The van der Waals surface area contributed by atoms with Crippen molar-refractivity contribution < 1.29 is 8.42 Å². The fraction of sp³-hybridized carbons (Fsp3) is 0.600. The minimum Gasteiger partial charge on any atom is -0.241 e. The molecule has 0 bridgehead atoms. The first-order valence-electron chi connectivity index (χ1n) is 4.79. The van der Waals surface area contributed by atoms with Crippen molar-refractivity contribution in [2.24, 2.45) is 0 Å². The molecule has 5 heteroatoms. The standard InChI is InChI=1S/C10H16N2O2S/c1-7-5-11-10(12-6-7)8(2)9(3)15(4,13)14/h5-6,8-9H,1-4H3/t8-,9-/m0/s1. The van der Waals surface area contributed by atoms with E-state index in [0.717, 1.165) is 5.56 Å². The summed E-state index contributed by atoms with van der Waals surface area (Å²) in [5.74, 6) is 0.402. The van der Waals surface area contributed by atoms with E-state index >= 15 is 0 Å². The van der Waals surface area contributed by atoms with Gasteiger partial charge in [-0.3, -0.25) is 0 Å². The van der Waals surface area contributed by atoms with Gasteiger partial charge in [-0.2, -0.15) is 0 Å². The Morgan fingerprint density at radius 1 is 1.20 bits per heavy atom. The van der Waals surface area contributed by atoms with E-state index in [1.165, 1.54) is 6.26 Å². The summed E-state index contributed by atoms with van der Waals surface area (Å²) >= 11 is 0. The molecule has 1 aromatic rings. The van der Waals surface area contributed by atoms with Gasteiger partial charge in [-0.25, -0.2) is 18.4 Å². The maximum Gasteiger partial charge on any atom is 0.150 e. The summed E-state index contributed by atoms with van der Waals surface area (Å²) in [7, 11) is -3.04. The highest BCUT2D eigenvalue weighted by molar-refractivity contribution is 7.91. The van der Waals surface area contributed by atoms with Crippen LogP contribution in [0.2, 0.25) is 0 Å². The van der Waals surface area contributed by atoms with E-state index in [1.807, 2.05) is 13.8 Å². The van der Waals surface area contributed by atoms with Crippen molar-refractivity contribution >= 4 is 9.84 Å². The summed E-state index contributed by atoms with van der Waals surface area (Å²) in [5, 5.41) is -0.458. The van der Waals surface area contributed by atoms with Crippen LogP contribution in [0.5, 0.6) is 0 Å². The van der Waals surface area contributed by atoms with E-state index in [-0.39, 0.29) is 5.92 Å². The van der Waals surface area contributed by atoms with Crippen molar-refractivity contribution in [3.05, 3.63) is 23.8 Å². The summed E-state index contributed by atoms with van der Waals surface area (Å²) < 4.78 is 22.7. The molecular weight excluding hydrogens is 212 g/mol. The molecule has 1 heterocycles. The predicted octanol–water partition coefficient (Wildman–Crippen LogP) is 1.32. The molecule has 0 aliphatic carbocycles. The number of nitrogens with zero attached hydrogens (tertiary/aromatic N) is 2. The molecule has 0 aliphatic rings. The molecule has 1 rings (SSSR count). The molecule has 0 radical (unpaired) electrons. The number of sulfone groups is 1. The van der Waals surface area contributed by atoms with Gasteiger partial charge in [0.25, 0.3) is 0 Å². The van der Waals surface area contributed by atoms with Crippen LogP contribution in [-0.2, 0) is 9.84 Å². The fourth-order valence-corrected chi connectivity index (χ4v) is 2.08. The van der Waals surface area contributed by atoms with Crippen molar-refractivity contribution in [3.8, 4) is 0 Å². The zero-order chi connectivity index (χ0) is 11.6. The highest BCUT2D eigenvalue weighted by Gasteiger charge is 2.25. The molecule has 0 saturated carbocycles. The first-order chi connectivity index (χ1) is 6.82. The average Bonchev–Trinajstić information content (AvgIpc) is 2.15. The summed E-state index contributed by atoms with van der Waals surface area (Å²) in [6.07, 6.45) is 4.64. The van der Waals surface area contributed by atoms with Gasteiger partial charge in [0.15, 0.2) is 9.84 Å². The van der Waals surface area contributed by atoms with Crippen LogP contribution < -0.4 is 0 Å². The molecule has 0 spiro atoms. The molecule has 0 unspecified atom stereocenters. The Morgan fingerprint density at radius 3 is 2.07 bits per heavy atom. The maximum absolute atomic E-state index is 11.4. The smallest absolute Gasteiger partial charge is 0.150 e. The van der Waals surface area contributed by atoms with Gasteiger partial charge >= 0.3 is 0 Å². The molecule has 84 valence electrons. The summed E-state index contributed by atoms with van der Waals surface area (Å²) in [6.45, 7) is 5.41. The van der Waals surface area contributed by atoms with E-state index < -0.39 is 15.1 Å². The lowest BCUT2D eigenvalue weighted by atomic mass is 10.1. The van der Waals surface area contributed by atoms with Crippen LogP contribution in [0.1, 0.15) is 31.2 Å². The van der Waals surface area contributed by atoms with E-state index in [0.29, 0.717) is 5.82 Å². The Kier molecular flexibility index (Phi) is 3.44. The van der Waals surface area contributed by atoms with Crippen molar-refractivity contribution in [1.82, 2.24) is 9.97 Å². The van der Waals surface area contributed by atoms with Gasteiger partial charge in [-0.05, 0) is 19.4 Å². The molecule has 15 heavy (non-hydrogen) atoms. The lowest BCUT2D eigenvalue weighted by Gasteiger charge is -2.16. The number of rotatable bonds is 3. The molecule has 0 aromatic carbocycles. The van der Waals surface area contributed by atoms with Gasteiger partial charge in [0.05, 0.1) is 5.25 Å². The topological polar surface area (TPSA) is 59.9 Å². The van der Waals surface area contributed by atoms with Crippen LogP contribution in [0.25, 0.3) is 0 Å². The normalized spacial score (nSPS) is 16.0. The number of aromatic nitrogens is 2. The van der Waals surface area contributed by atoms with Crippen LogP contribution in [-0.4, -0.2) is 29.9 Å². The molecule has 0 fully saturated rings. The monoisotopic (exact) mass is 228 g/mol. The van der Waals surface area contributed by atoms with Crippen molar-refractivity contribution in [1.29, 1.82) is 0 Å². The van der Waals surface area contributed by atoms with Gasteiger partial charge in [0.1, 0.15) is 5.82 Å². The van der Waals surface area contributed by atoms with Gasteiger partial charge in [-0.1, -0.05) is 6.92 Å². The van der Waals surface area contributed by atoms with Gasteiger partial charge in [0, 0.05) is 24.6 Å². The Bertz CT molecular complexity index is 425. The van der Waals surface area contributed by atoms with Crippen molar-refractivity contribution in [3.63, 3.8) is 0 Å². The number of hydrogen-bond acceptors (Lipinski definition) is 4. The zero-order valence-electron chi connectivity index (χ0n) is 9.43. The van der Waals surface area contributed by atoms with Gasteiger partial charge in [-0.15, -0.1) is 0 Å². The van der Waals surface area contributed by atoms with Gasteiger partial charge in [0.2, 0.25) is 0 Å². The second kappa shape index (κ2) is 4.26. The van der Waals surface area contributed by atoms with Crippen LogP contribution in [0.3, 0.4) is 0 Å². The Morgan fingerprint density at radius 2 is 1.67 bits per heavy atom. The van der Waals surface area contributed by atoms with E-state index in [4.69, 9.17) is 0 Å². The highest BCUT2D eigenvalue weighted by Crippen LogP contribution is 2.20. The molecule has 0 saturated heterocycles. The lowest BCUT2D eigenvalue weighted by molar-refractivity contribution is 0.568. The number of hydrogen-bond donors (Lipinski definition) is 0. The second-order valence-corrected chi connectivity index (χ2v) is 6.34. The molecule has 4 nitrogen and oxygen atoms in total. The fourth-order valence-electron chi connectivity index (χ4n) is 1.22. The van der Waals surface area contributed by atoms with Crippen molar-refractivity contribution in [2.45, 2.75) is 31.9 Å². The minimum atomic E-state index is -3.04. The average molecular weight is 228 g/mol. The van der Waals surface area contributed by atoms with Crippen LogP contribution in [0.15, 0.2) is 12.4 Å². The largest absolute Gasteiger partial charge is 0.241 e. The SMILES string of the molecule is Cc1cnc([C@@H](C)[C@H](C)S(C)(=O)=O)nc1. The predicted molar refractivity (Wildman–Crippen MR) is 59.5 cm³/mol. The third kappa shape index (κ3) is 2.99. The van der Waals surface area contributed by atoms with E-state index in [9.17, 15) is 8.42 Å². The minimum absolute atomic E-state index is 0.180. The van der Waals surface area contributed by atoms with Crippen LogP contribution in [0, 0.1) is 6.92 Å². The maximum atomic E-state index is 11.4. The molecule has 0 amide bonds. The molecular formula is C10H16N2O2S. The summed E-state index contributed by atoms with van der Waals surface area (Å²) in [5.41, 5.74) is 0.970. The van der Waals surface area contributed by atoms with Crippen LogP contribution in [0.4, 0.5) is 0 Å². The third-order valence-corrected chi connectivity index (χ3v) is 4.35. The number of aryl methyl sites for hydroxylation is 1. The van der Waals surface area contributed by atoms with E-state index in [1.54, 1.807) is 19.3 Å². The second-order valence-electron chi connectivity index (χ2n) is 3.94. The third-order valence-electron chi connectivity index (χ3n) is 2.59. The first kappa shape index (κ1) is 12.1. The first-order valence-corrected chi connectivity index (χ1v) is 6.75. The Labute approximate surface area is 90.7 Å². The Hall–Kier alpha value is -0.970.